The predicted molar refractivity (Wildman–Crippen MR) is 103 cm³/mol. The number of carbonyl (C=O) groups excluding carboxylic acids is 1. The van der Waals surface area contributed by atoms with E-state index in [-0.39, 0.29) is 11.3 Å². The summed E-state index contributed by atoms with van der Waals surface area (Å²) in [5.41, 5.74) is 2.03. The van der Waals surface area contributed by atoms with Gasteiger partial charge in [0.15, 0.2) is 0 Å². The Morgan fingerprint density at radius 2 is 1.50 bits per heavy atom. The molecule has 0 aliphatic heterocycles. The van der Waals surface area contributed by atoms with Crippen LogP contribution in [0, 0.1) is 0 Å². The van der Waals surface area contributed by atoms with E-state index in [9.17, 15) is 4.79 Å². The van der Waals surface area contributed by atoms with Crippen LogP contribution in [0.5, 0.6) is 11.5 Å². The summed E-state index contributed by atoms with van der Waals surface area (Å²) in [6.07, 6.45) is 2.24. The lowest BCUT2D eigenvalue weighted by atomic mass is 9.96. The van der Waals surface area contributed by atoms with E-state index in [1.807, 2.05) is 54.6 Å². The van der Waals surface area contributed by atoms with Gasteiger partial charge in [0.1, 0.15) is 11.5 Å². The lowest BCUT2D eigenvalue weighted by molar-refractivity contribution is 0.0949. The lowest BCUT2D eigenvalue weighted by Crippen LogP contribution is -2.32. The van der Waals surface area contributed by atoms with E-state index >= 15 is 0 Å². The van der Waals surface area contributed by atoms with Crippen LogP contribution in [-0.4, -0.2) is 12.5 Å². The number of hydrogen-bond acceptors (Lipinski definition) is 2. The Morgan fingerprint density at radius 3 is 2.19 bits per heavy atom. The maximum Gasteiger partial charge on any atom is 0.251 e. The van der Waals surface area contributed by atoms with Crippen molar-refractivity contribution in [2.24, 2.45) is 0 Å². The third-order valence-corrected chi connectivity index (χ3v) is 4.90. The standard InChI is InChI=1S/C23H21NO2/c25-22(24-17-23(14-15-23)19-9-3-1-4-10-19)18-8-7-13-21(16-18)26-20-11-5-2-6-12-20/h1-13,16H,14-15,17H2,(H,24,25). The zero-order valence-electron chi connectivity index (χ0n) is 14.5. The molecule has 26 heavy (non-hydrogen) atoms. The van der Waals surface area contributed by atoms with Gasteiger partial charge >= 0.3 is 0 Å². The van der Waals surface area contributed by atoms with Crippen molar-refractivity contribution in [1.29, 1.82) is 0 Å². The van der Waals surface area contributed by atoms with Crippen molar-refractivity contribution in [1.82, 2.24) is 5.32 Å². The molecule has 1 N–H and O–H groups in total. The fraction of sp³-hybridized carbons (Fsp3) is 0.174. The number of rotatable bonds is 6. The van der Waals surface area contributed by atoms with Crippen LogP contribution in [0.15, 0.2) is 84.9 Å². The van der Waals surface area contributed by atoms with Gasteiger partial charge in [0.2, 0.25) is 0 Å². The van der Waals surface area contributed by atoms with Crippen LogP contribution in [0.3, 0.4) is 0 Å². The van der Waals surface area contributed by atoms with E-state index in [4.69, 9.17) is 4.74 Å². The second kappa shape index (κ2) is 7.04. The SMILES string of the molecule is O=C(NCC1(c2ccccc2)CC1)c1cccc(Oc2ccccc2)c1. The smallest absolute Gasteiger partial charge is 0.251 e. The van der Waals surface area contributed by atoms with Gasteiger partial charge in [-0.3, -0.25) is 4.79 Å². The van der Waals surface area contributed by atoms with Crippen LogP contribution >= 0.6 is 0 Å². The molecule has 0 saturated heterocycles. The van der Waals surface area contributed by atoms with Crippen LogP contribution < -0.4 is 10.1 Å². The first-order valence-electron chi connectivity index (χ1n) is 8.92. The summed E-state index contributed by atoms with van der Waals surface area (Å²) in [4.78, 5) is 12.6. The fourth-order valence-corrected chi connectivity index (χ4v) is 3.19. The number of benzene rings is 3. The highest BCUT2D eigenvalue weighted by Gasteiger charge is 2.44. The fourth-order valence-electron chi connectivity index (χ4n) is 3.19. The lowest BCUT2D eigenvalue weighted by Gasteiger charge is -2.16. The van der Waals surface area contributed by atoms with E-state index in [2.05, 4.69) is 29.6 Å². The number of amides is 1. The van der Waals surface area contributed by atoms with E-state index in [0.29, 0.717) is 17.9 Å². The van der Waals surface area contributed by atoms with Crippen molar-refractivity contribution >= 4 is 5.91 Å². The quantitative estimate of drug-likeness (QED) is 0.688. The van der Waals surface area contributed by atoms with Gasteiger partial charge in [-0.1, -0.05) is 54.6 Å². The molecule has 3 heteroatoms. The summed E-state index contributed by atoms with van der Waals surface area (Å²) in [5, 5.41) is 3.10. The van der Waals surface area contributed by atoms with Gasteiger partial charge in [-0.25, -0.2) is 0 Å². The van der Waals surface area contributed by atoms with Gasteiger partial charge in [-0.15, -0.1) is 0 Å². The first-order chi connectivity index (χ1) is 12.8. The van der Waals surface area contributed by atoms with Gasteiger partial charge in [-0.2, -0.15) is 0 Å². The summed E-state index contributed by atoms with van der Waals surface area (Å²) >= 11 is 0. The predicted octanol–water partition coefficient (Wildman–Crippen LogP) is 4.94. The molecular weight excluding hydrogens is 322 g/mol. The summed E-state index contributed by atoms with van der Waals surface area (Å²) in [5.74, 6) is 1.35. The van der Waals surface area contributed by atoms with E-state index < -0.39 is 0 Å². The minimum atomic E-state index is -0.0642. The van der Waals surface area contributed by atoms with Crippen LogP contribution in [0.2, 0.25) is 0 Å². The molecule has 1 saturated carbocycles. The summed E-state index contributed by atoms with van der Waals surface area (Å²) in [7, 11) is 0. The first-order valence-corrected chi connectivity index (χ1v) is 8.92. The molecule has 1 amide bonds. The molecule has 0 aromatic heterocycles. The second-order valence-electron chi connectivity index (χ2n) is 6.77. The monoisotopic (exact) mass is 343 g/mol. The molecule has 0 bridgehead atoms. The molecule has 1 fully saturated rings. The molecule has 4 rings (SSSR count). The molecule has 1 aliphatic carbocycles. The van der Waals surface area contributed by atoms with E-state index in [1.165, 1.54) is 5.56 Å². The Labute approximate surface area is 153 Å². The zero-order chi connectivity index (χ0) is 17.8. The van der Waals surface area contributed by atoms with Crippen molar-refractivity contribution in [3.63, 3.8) is 0 Å². The maximum absolute atomic E-state index is 12.6. The molecule has 3 aromatic rings. The van der Waals surface area contributed by atoms with Gasteiger partial charge in [0, 0.05) is 17.5 Å². The molecule has 3 aromatic carbocycles. The highest BCUT2D eigenvalue weighted by Crippen LogP contribution is 2.47. The van der Waals surface area contributed by atoms with Crippen molar-refractivity contribution in [2.75, 3.05) is 6.54 Å². The second-order valence-corrected chi connectivity index (χ2v) is 6.77. The largest absolute Gasteiger partial charge is 0.457 e. The summed E-state index contributed by atoms with van der Waals surface area (Å²) in [6.45, 7) is 0.666. The number of para-hydroxylation sites is 1. The average molecular weight is 343 g/mol. The molecule has 0 atom stereocenters. The van der Waals surface area contributed by atoms with Crippen LogP contribution in [0.1, 0.15) is 28.8 Å². The number of hydrogen-bond donors (Lipinski definition) is 1. The molecule has 130 valence electrons. The third kappa shape index (κ3) is 3.62. The average Bonchev–Trinajstić information content (AvgIpc) is 3.49. The van der Waals surface area contributed by atoms with Crippen LogP contribution in [0.25, 0.3) is 0 Å². The zero-order valence-corrected chi connectivity index (χ0v) is 14.5. The normalized spacial score (nSPS) is 14.5. The van der Waals surface area contributed by atoms with Gasteiger partial charge in [-0.05, 0) is 48.7 Å². The highest BCUT2D eigenvalue weighted by atomic mass is 16.5. The van der Waals surface area contributed by atoms with Gasteiger partial charge < -0.3 is 10.1 Å². The molecule has 0 unspecified atom stereocenters. The molecule has 3 nitrogen and oxygen atoms in total. The Hall–Kier alpha value is -3.07. The van der Waals surface area contributed by atoms with Crippen molar-refractivity contribution in [2.45, 2.75) is 18.3 Å². The van der Waals surface area contributed by atoms with Crippen molar-refractivity contribution in [3.8, 4) is 11.5 Å². The third-order valence-electron chi connectivity index (χ3n) is 4.90. The molecule has 0 spiro atoms. The topological polar surface area (TPSA) is 38.3 Å². The summed E-state index contributed by atoms with van der Waals surface area (Å²) < 4.78 is 5.82. The van der Waals surface area contributed by atoms with Crippen molar-refractivity contribution < 1.29 is 9.53 Å². The molecule has 1 aliphatic rings. The molecule has 0 radical (unpaired) electrons. The minimum Gasteiger partial charge on any atom is -0.457 e. The maximum atomic E-state index is 12.6. The Bertz CT molecular complexity index is 886. The van der Waals surface area contributed by atoms with Crippen LogP contribution in [-0.2, 0) is 5.41 Å². The minimum absolute atomic E-state index is 0.0642. The van der Waals surface area contributed by atoms with Gasteiger partial charge in [0.25, 0.3) is 5.91 Å². The number of nitrogens with one attached hydrogen (secondary N) is 1. The molecular formula is C23H21NO2. The summed E-state index contributed by atoms with van der Waals surface area (Å²) in [6, 6.07) is 27.3. The number of ether oxygens (including phenoxy) is 1. The Kier molecular flexibility index (Phi) is 4.44. The van der Waals surface area contributed by atoms with Crippen molar-refractivity contribution in [3.05, 3.63) is 96.1 Å². The van der Waals surface area contributed by atoms with E-state index in [1.54, 1.807) is 6.07 Å². The van der Waals surface area contributed by atoms with Crippen LogP contribution in [0.4, 0.5) is 0 Å². The Morgan fingerprint density at radius 1 is 0.846 bits per heavy atom. The van der Waals surface area contributed by atoms with Gasteiger partial charge in [0.05, 0.1) is 0 Å². The first kappa shape index (κ1) is 16.4. The highest BCUT2D eigenvalue weighted by molar-refractivity contribution is 5.94. The van der Waals surface area contributed by atoms with E-state index in [0.717, 1.165) is 18.6 Å². The molecule has 0 heterocycles. The Balaban J connectivity index is 1.42. The number of carbonyl (C=O) groups is 1.